The SMILES string of the molecule is Nc1ccc(-c2nc3c(N4CCOCC4)nccc3[nH]2)cc1.O=C(Cc1cc(-c2cncc(F)c2)n[nH]1)Nc1ccc(-c2nc3c(N4CCOCC4)nccc3[nH]2)cc1.O=C(O)Cc1cc(-c2cncc(F)c2)n[nH]1. The number of carboxylic acid groups (broad SMARTS) is 1. The van der Waals surface area contributed by atoms with Gasteiger partial charge in [-0.05, 0) is 84.9 Å². The van der Waals surface area contributed by atoms with Crippen molar-refractivity contribution in [3.63, 3.8) is 0 Å². The minimum absolute atomic E-state index is 0.0956. The number of imidazole rings is 2. The van der Waals surface area contributed by atoms with Crippen LogP contribution in [0.3, 0.4) is 0 Å². The Bertz CT molecular complexity index is 3570. The summed E-state index contributed by atoms with van der Waals surface area (Å²) in [5.74, 6) is 1.27. The summed E-state index contributed by atoms with van der Waals surface area (Å²) in [6.45, 7) is 6.06. The fourth-order valence-corrected chi connectivity index (χ4v) is 8.33. The van der Waals surface area contributed by atoms with Crippen LogP contribution in [0.25, 0.3) is 67.4 Å². The second kappa shape index (κ2) is 22.5. The van der Waals surface area contributed by atoms with Gasteiger partial charge in [0, 0.05) is 96.0 Å². The molecule has 12 rings (SSSR count). The number of benzene rings is 2. The maximum atomic E-state index is 13.4. The molecular weight excluding hydrogens is 967 g/mol. The molecule has 8 N–H and O–H groups in total. The highest BCUT2D eigenvalue weighted by atomic mass is 19.1. The molecule has 0 unspecified atom stereocenters. The lowest BCUT2D eigenvalue weighted by Crippen LogP contribution is -2.36. The number of nitrogens with zero attached hydrogens (tertiary/aromatic N) is 10. The van der Waals surface area contributed by atoms with Crippen molar-refractivity contribution in [3.8, 4) is 45.3 Å². The van der Waals surface area contributed by atoms with E-state index in [1.54, 1.807) is 18.3 Å². The van der Waals surface area contributed by atoms with E-state index in [1.807, 2.05) is 66.9 Å². The summed E-state index contributed by atoms with van der Waals surface area (Å²) in [5, 5.41) is 24.9. The number of aliphatic carboxylic acids is 1. The first-order chi connectivity index (χ1) is 36.6. The summed E-state index contributed by atoms with van der Waals surface area (Å²) >= 11 is 0. The smallest absolute Gasteiger partial charge is 0.309 e. The number of amides is 1. The van der Waals surface area contributed by atoms with E-state index in [2.05, 4.69) is 65.4 Å². The van der Waals surface area contributed by atoms with Crippen LogP contribution in [0.15, 0.2) is 122 Å². The molecular formula is C52H48F2N16O5. The van der Waals surface area contributed by atoms with Crippen molar-refractivity contribution in [2.24, 2.45) is 0 Å². The van der Waals surface area contributed by atoms with Gasteiger partial charge >= 0.3 is 5.97 Å². The summed E-state index contributed by atoms with van der Waals surface area (Å²) in [4.78, 5) is 60.3. The van der Waals surface area contributed by atoms with Gasteiger partial charge in [-0.25, -0.2) is 28.7 Å². The summed E-state index contributed by atoms with van der Waals surface area (Å²) < 4.78 is 37.2. The molecule has 21 nitrogen and oxygen atoms in total. The molecule has 0 spiro atoms. The van der Waals surface area contributed by atoms with E-state index in [0.29, 0.717) is 52.8 Å². The van der Waals surface area contributed by atoms with Crippen molar-refractivity contribution in [1.82, 2.24) is 60.3 Å². The van der Waals surface area contributed by atoms with Gasteiger partial charge in [0.05, 0.1) is 74.1 Å². The first kappa shape index (κ1) is 49.1. The van der Waals surface area contributed by atoms with Crippen molar-refractivity contribution >= 4 is 57.0 Å². The van der Waals surface area contributed by atoms with E-state index < -0.39 is 17.6 Å². The molecule has 1 amide bonds. The van der Waals surface area contributed by atoms with Crippen LogP contribution in [0.4, 0.5) is 31.8 Å². The van der Waals surface area contributed by atoms with E-state index in [4.69, 9.17) is 30.3 Å². The predicted molar refractivity (Wildman–Crippen MR) is 276 cm³/mol. The minimum atomic E-state index is -0.951. The summed E-state index contributed by atoms with van der Waals surface area (Å²) in [7, 11) is 0. The van der Waals surface area contributed by atoms with Gasteiger partial charge in [-0.15, -0.1) is 0 Å². The Morgan fingerprint density at radius 1 is 0.613 bits per heavy atom. The highest BCUT2D eigenvalue weighted by Crippen LogP contribution is 2.30. The average Bonchev–Trinajstić information content (AvgIpc) is 4.28. The van der Waals surface area contributed by atoms with E-state index in [0.717, 1.165) is 114 Å². The third kappa shape index (κ3) is 12.1. The van der Waals surface area contributed by atoms with Crippen molar-refractivity contribution < 1.29 is 33.0 Å². The monoisotopic (exact) mass is 1010 g/mol. The number of ether oxygens (including phenoxy) is 2. The number of H-pyrrole nitrogens is 4. The number of nitrogen functional groups attached to an aromatic ring is 1. The Labute approximate surface area is 425 Å². The minimum Gasteiger partial charge on any atom is -0.481 e. The van der Waals surface area contributed by atoms with E-state index in [1.165, 1.54) is 24.5 Å². The van der Waals surface area contributed by atoms with Crippen LogP contribution >= 0.6 is 0 Å². The Morgan fingerprint density at radius 2 is 1.08 bits per heavy atom. The van der Waals surface area contributed by atoms with Gasteiger partial charge < -0.3 is 45.4 Å². The number of fused-ring (bicyclic) bond motifs is 2. The molecule has 2 aliphatic heterocycles. The fourth-order valence-electron chi connectivity index (χ4n) is 8.33. The van der Waals surface area contributed by atoms with Crippen molar-refractivity contribution in [1.29, 1.82) is 0 Å². The Kier molecular flexibility index (Phi) is 14.7. The number of hydrogen-bond acceptors (Lipinski definition) is 15. The molecule has 380 valence electrons. The number of carboxylic acids is 1. The highest BCUT2D eigenvalue weighted by molar-refractivity contribution is 5.93. The third-order valence-corrected chi connectivity index (χ3v) is 12.0. The maximum Gasteiger partial charge on any atom is 0.309 e. The first-order valence-corrected chi connectivity index (χ1v) is 23.7. The molecule has 0 saturated carbocycles. The van der Waals surface area contributed by atoms with Crippen molar-refractivity contribution in [2.45, 2.75) is 12.8 Å². The molecule has 2 aliphatic rings. The zero-order valence-corrected chi connectivity index (χ0v) is 40.0. The lowest BCUT2D eigenvalue weighted by atomic mass is 10.1. The standard InChI is InChI=1S/C26H23FN8O2.C16H17N5O.C10H8FN3O2/c27-18-11-17(14-28-15-18)22-12-20(33-34-22)13-23(36)30-19-3-1-16(2-4-19)25-31-21-5-6-29-26(24(21)32-25)35-7-9-37-10-8-35;17-12-3-1-11(2-4-12)15-19-13-5-6-18-16(14(13)20-15)21-7-9-22-10-8-21;11-7-1-6(4-12-5-7)9-2-8(13-14-9)3-10(15)16/h1-6,11-12,14-15H,7-10,13H2,(H,30,36)(H,31,32)(H,33,34);1-6H,7-10,17H2,(H,19,20);1-2,4-5H,3H2,(H,13,14)(H,15,16). The lowest BCUT2D eigenvalue weighted by Gasteiger charge is -2.27. The zero-order chi connectivity index (χ0) is 51.7. The first-order valence-electron chi connectivity index (χ1n) is 23.7. The molecule has 2 aromatic carbocycles. The molecule has 10 aromatic rings. The number of halogens is 2. The van der Waals surface area contributed by atoms with Gasteiger partial charge in [0.1, 0.15) is 34.3 Å². The molecule has 0 atom stereocenters. The number of pyridine rings is 4. The number of carbonyl (C=O) groups is 2. The number of aromatic amines is 4. The van der Waals surface area contributed by atoms with Crippen LogP contribution < -0.4 is 20.9 Å². The second-order valence-electron chi connectivity index (χ2n) is 17.3. The Hall–Kier alpha value is -9.48. The molecule has 2 saturated heterocycles. The number of carbonyl (C=O) groups excluding carboxylic acids is 1. The van der Waals surface area contributed by atoms with Crippen LogP contribution in [0.1, 0.15) is 11.4 Å². The molecule has 2 fully saturated rings. The maximum absolute atomic E-state index is 13.4. The molecule has 10 heterocycles. The number of morpholine rings is 2. The van der Waals surface area contributed by atoms with Crippen LogP contribution in [-0.2, 0) is 31.9 Å². The van der Waals surface area contributed by atoms with Gasteiger partial charge in [0.2, 0.25) is 5.91 Å². The van der Waals surface area contributed by atoms with E-state index >= 15 is 0 Å². The second-order valence-corrected chi connectivity index (χ2v) is 17.3. The normalized spacial score (nSPS) is 13.5. The van der Waals surface area contributed by atoms with Crippen LogP contribution in [0.2, 0.25) is 0 Å². The molecule has 8 aromatic heterocycles. The van der Waals surface area contributed by atoms with Crippen molar-refractivity contribution in [3.05, 3.63) is 145 Å². The predicted octanol–water partition coefficient (Wildman–Crippen LogP) is 6.85. The van der Waals surface area contributed by atoms with Crippen LogP contribution in [-0.4, -0.2) is 130 Å². The van der Waals surface area contributed by atoms with Gasteiger partial charge in [-0.1, -0.05) is 0 Å². The molecule has 23 heteroatoms. The number of rotatable bonds is 11. The highest BCUT2D eigenvalue weighted by Gasteiger charge is 2.20. The van der Waals surface area contributed by atoms with Gasteiger partial charge in [0.25, 0.3) is 0 Å². The quantitative estimate of drug-likeness (QED) is 0.0652. The van der Waals surface area contributed by atoms with Gasteiger partial charge in [-0.2, -0.15) is 10.2 Å². The summed E-state index contributed by atoms with van der Waals surface area (Å²) in [6, 6.07) is 24.9. The fraction of sp³-hybridized carbons (Fsp3) is 0.192. The van der Waals surface area contributed by atoms with E-state index in [9.17, 15) is 18.4 Å². The summed E-state index contributed by atoms with van der Waals surface area (Å²) in [5.41, 5.74) is 15.8. The zero-order valence-electron chi connectivity index (χ0n) is 40.0. The number of nitrogens with two attached hydrogens (primary N) is 1. The number of anilines is 4. The summed E-state index contributed by atoms with van der Waals surface area (Å²) in [6.07, 6.45) is 8.76. The van der Waals surface area contributed by atoms with Crippen molar-refractivity contribution in [2.75, 3.05) is 73.5 Å². The average molecular weight is 1020 g/mol. The van der Waals surface area contributed by atoms with Crippen LogP contribution in [0, 0.1) is 11.6 Å². The van der Waals surface area contributed by atoms with Crippen LogP contribution in [0.5, 0.6) is 0 Å². The third-order valence-electron chi connectivity index (χ3n) is 12.0. The molecule has 0 aliphatic carbocycles. The largest absolute Gasteiger partial charge is 0.481 e. The van der Waals surface area contributed by atoms with Gasteiger partial charge in [-0.3, -0.25) is 29.8 Å². The lowest BCUT2D eigenvalue weighted by molar-refractivity contribution is -0.136. The number of nitrogens with one attached hydrogen (secondary N) is 5. The molecule has 0 bridgehead atoms. The number of aromatic nitrogens is 12. The molecule has 75 heavy (non-hydrogen) atoms. The number of hydrogen-bond donors (Lipinski definition) is 7. The Balaban J connectivity index is 0.000000142. The van der Waals surface area contributed by atoms with E-state index in [-0.39, 0.29) is 18.7 Å². The van der Waals surface area contributed by atoms with Gasteiger partial charge in [0.15, 0.2) is 11.6 Å². The topological polar surface area (TPSA) is 284 Å². The molecule has 0 radical (unpaired) electrons. The Morgan fingerprint density at radius 3 is 1.55 bits per heavy atom.